The van der Waals surface area contributed by atoms with Crippen molar-refractivity contribution in [2.45, 2.75) is 39.0 Å². The van der Waals surface area contributed by atoms with E-state index in [2.05, 4.69) is 34.0 Å². The largest absolute Gasteiger partial charge is 0.492 e. The molecule has 5 nitrogen and oxygen atoms in total. The number of nitrogens with zero attached hydrogens (tertiary/aromatic N) is 3. The predicted octanol–water partition coefficient (Wildman–Crippen LogP) is 3.44. The van der Waals surface area contributed by atoms with Gasteiger partial charge in [0.1, 0.15) is 17.3 Å². The zero-order valence-electron chi connectivity index (χ0n) is 15.3. The fraction of sp³-hybridized carbons (Fsp3) is 0.550. The van der Waals surface area contributed by atoms with Crippen LogP contribution in [0, 0.1) is 0 Å². The maximum atomic E-state index is 5.84. The van der Waals surface area contributed by atoms with Crippen molar-refractivity contribution in [1.29, 1.82) is 0 Å². The van der Waals surface area contributed by atoms with Gasteiger partial charge in [-0.15, -0.1) is 0 Å². The predicted molar refractivity (Wildman–Crippen MR) is 101 cm³/mol. The van der Waals surface area contributed by atoms with Crippen LogP contribution in [-0.2, 0) is 6.42 Å². The summed E-state index contributed by atoms with van der Waals surface area (Å²) in [7, 11) is 0. The maximum absolute atomic E-state index is 5.84. The number of fused-ring (bicyclic) bond motifs is 1. The monoisotopic (exact) mass is 340 g/mol. The third-order valence-electron chi connectivity index (χ3n) is 5.50. The summed E-state index contributed by atoms with van der Waals surface area (Å²) < 4.78 is 7.92. The lowest BCUT2D eigenvalue weighted by atomic mass is 9.91. The average molecular weight is 340 g/mol. The Hall–Kier alpha value is -2.01. The lowest BCUT2D eigenvalue weighted by Gasteiger charge is -2.30. The number of ether oxygens (including phenoxy) is 1. The maximum Gasteiger partial charge on any atom is 0.145 e. The summed E-state index contributed by atoms with van der Waals surface area (Å²) in [6.45, 7) is 9.47. The Balaban J connectivity index is 1.69. The third-order valence-corrected chi connectivity index (χ3v) is 5.50. The second-order valence-corrected chi connectivity index (χ2v) is 6.91. The zero-order chi connectivity index (χ0) is 17.2. The van der Waals surface area contributed by atoms with Crippen molar-refractivity contribution in [3.05, 3.63) is 35.5 Å². The molecular formula is C20H28N4O. The minimum atomic E-state index is 0.581. The van der Waals surface area contributed by atoms with E-state index in [9.17, 15) is 0 Å². The first kappa shape index (κ1) is 16.5. The van der Waals surface area contributed by atoms with Gasteiger partial charge in [-0.3, -0.25) is 0 Å². The van der Waals surface area contributed by atoms with Crippen molar-refractivity contribution in [1.82, 2.24) is 14.7 Å². The van der Waals surface area contributed by atoms with Crippen LogP contribution < -0.4 is 10.1 Å². The molecule has 1 aromatic carbocycles. The van der Waals surface area contributed by atoms with Crippen LogP contribution >= 0.6 is 0 Å². The van der Waals surface area contributed by atoms with Crippen LogP contribution in [0.25, 0.3) is 5.69 Å². The van der Waals surface area contributed by atoms with E-state index in [1.54, 1.807) is 0 Å². The minimum absolute atomic E-state index is 0.581. The molecule has 1 fully saturated rings. The Morgan fingerprint density at radius 3 is 2.76 bits per heavy atom. The van der Waals surface area contributed by atoms with Crippen LogP contribution in [0.15, 0.2) is 24.3 Å². The van der Waals surface area contributed by atoms with Crippen molar-refractivity contribution in [3.8, 4) is 11.4 Å². The first-order valence-corrected chi connectivity index (χ1v) is 9.62. The van der Waals surface area contributed by atoms with E-state index in [0.29, 0.717) is 12.5 Å². The number of hydrogen-bond acceptors (Lipinski definition) is 4. The second kappa shape index (κ2) is 7.08. The van der Waals surface area contributed by atoms with E-state index >= 15 is 0 Å². The summed E-state index contributed by atoms with van der Waals surface area (Å²) >= 11 is 0. The summed E-state index contributed by atoms with van der Waals surface area (Å²) in [5, 5.41) is 8.63. The SMILES string of the molecule is CCOc1ccccc1-n1nc(C2CCN(CC)CC2)c2c1NCC2. The second-order valence-electron chi connectivity index (χ2n) is 6.91. The lowest BCUT2D eigenvalue weighted by molar-refractivity contribution is 0.220. The topological polar surface area (TPSA) is 42.3 Å². The molecule has 134 valence electrons. The molecule has 3 heterocycles. The molecule has 2 aliphatic rings. The standard InChI is InChI=1S/C20H28N4O/c1-3-23-13-10-15(11-14-23)19-16-9-12-21-20(16)24(22-19)17-7-5-6-8-18(17)25-4-2/h5-8,15,21H,3-4,9-14H2,1-2H3. The summed E-state index contributed by atoms with van der Waals surface area (Å²) in [6, 6.07) is 8.20. The molecule has 25 heavy (non-hydrogen) atoms. The number of nitrogens with one attached hydrogen (secondary N) is 1. The molecular weight excluding hydrogens is 312 g/mol. The van der Waals surface area contributed by atoms with E-state index in [1.807, 2.05) is 19.1 Å². The summed E-state index contributed by atoms with van der Waals surface area (Å²) in [5.41, 5.74) is 3.76. The highest BCUT2D eigenvalue weighted by Crippen LogP contribution is 2.38. The highest BCUT2D eigenvalue weighted by atomic mass is 16.5. The van der Waals surface area contributed by atoms with Crippen molar-refractivity contribution < 1.29 is 4.74 Å². The first-order valence-electron chi connectivity index (χ1n) is 9.62. The number of benzene rings is 1. The normalized spacial score (nSPS) is 18.2. The van der Waals surface area contributed by atoms with Gasteiger partial charge in [0.05, 0.1) is 12.3 Å². The van der Waals surface area contributed by atoms with Gasteiger partial charge in [-0.25, -0.2) is 4.68 Å². The summed E-state index contributed by atoms with van der Waals surface area (Å²) in [4.78, 5) is 2.54. The van der Waals surface area contributed by atoms with E-state index in [0.717, 1.165) is 30.9 Å². The smallest absolute Gasteiger partial charge is 0.145 e. The molecule has 1 saturated heterocycles. The molecule has 0 saturated carbocycles. The van der Waals surface area contributed by atoms with Crippen LogP contribution in [0.3, 0.4) is 0 Å². The number of rotatable bonds is 5. The highest BCUT2D eigenvalue weighted by molar-refractivity contribution is 5.60. The first-order chi connectivity index (χ1) is 12.3. The van der Waals surface area contributed by atoms with E-state index in [4.69, 9.17) is 9.84 Å². The molecule has 0 radical (unpaired) electrons. The quantitative estimate of drug-likeness (QED) is 0.905. The van der Waals surface area contributed by atoms with Gasteiger partial charge in [0.25, 0.3) is 0 Å². The molecule has 0 unspecified atom stereocenters. The van der Waals surface area contributed by atoms with Gasteiger partial charge in [0, 0.05) is 18.0 Å². The minimum Gasteiger partial charge on any atom is -0.492 e. The van der Waals surface area contributed by atoms with Crippen LogP contribution in [0.1, 0.15) is 43.9 Å². The van der Waals surface area contributed by atoms with Crippen molar-refractivity contribution in [2.75, 3.05) is 38.1 Å². The molecule has 0 amide bonds. The number of aromatic nitrogens is 2. The molecule has 5 heteroatoms. The molecule has 0 atom stereocenters. The molecule has 0 spiro atoms. The van der Waals surface area contributed by atoms with Gasteiger partial charge in [0.15, 0.2) is 0 Å². The number of anilines is 1. The number of para-hydroxylation sites is 2. The fourth-order valence-electron chi connectivity index (χ4n) is 4.14. The molecule has 0 aliphatic carbocycles. The number of hydrogen-bond donors (Lipinski definition) is 1. The number of likely N-dealkylation sites (tertiary alicyclic amines) is 1. The van der Waals surface area contributed by atoms with Crippen LogP contribution in [0.5, 0.6) is 5.75 Å². The van der Waals surface area contributed by atoms with Crippen molar-refractivity contribution in [2.24, 2.45) is 0 Å². The van der Waals surface area contributed by atoms with Crippen LogP contribution in [0.2, 0.25) is 0 Å². The molecule has 2 aromatic rings. The molecule has 1 N–H and O–H groups in total. The fourth-order valence-corrected chi connectivity index (χ4v) is 4.14. The van der Waals surface area contributed by atoms with Gasteiger partial charge in [-0.05, 0) is 58.0 Å². The summed E-state index contributed by atoms with van der Waals surface area (Å²) in [5.74, 6) is 2.65. The summed E-state index contributed by atoms with van der Waals surface area (Å²) in [6.07, 6.45) is 3.50. The Morgan fingerprint density at radius 1 is 1.20 bits per heavy atom. The molecule has 4 rings (SSSR count). The Morgan fingerprint density at radius 2 is 2.00 bits per heavy atom. The average Bonchev–Trinajstić information content (AvgIpc) is 3.25. The van der Waals surface area contributed by atoms with Gasteiger partial charge in [-0.1, -0.05) is 19.1 Å². The molecule has 1 aromatic heterocycles. The molecule has 2 aliphatic heterocycles. The van der Waals surface area contributed by atoms with Crippen LogP contribution in [-0.4, -0.2) is 47.5 Å². The van der Waals surface area contributed by atoms with Gasteiger partial charge >= 0.3 is 0 Å². The van der Waals surface area contributed by atoms with Crippen molar-refractivity contribution >= 4 is 5.82 Å². The zero-order valence-corrected chi connectivity index (χ0v) is 15.3. The van der Waals surface area contributed by atoms with E-state index in [1.165, 1.54) is 43.0 Å². The Kier molecular flexibility index (Phi) is 4.66. The van der Waals surface area contributed by atoms with Gasteiger partial charge < -0.3 is 15.0 Å². The van der Waals surface area contributed by atoms with Gasteiger partial charge in [0.2, 0.25) is 0 Å². The van der Waals surface area contributed by atoms with Gasteiger partial charge in [-0.2, -0.15) is 5.10 Å². The Labute approximate surface area is 150 Å². The van der Waals surface area contributed by atoms with Crippen molar-refractivity contribution in [3.63, 3.8) is 0 Å². The molecule has 0 bridgehead atoms. The Bertz CT molecular complexity index is 731. The van der Waals surface area contributed by atoms with E-state index < -0.39 is 0 Å². The third kappa shape index (κ3) is 3.01. The number of piperidine rings is 1. The van der Waals surface area contributed by atoms with E-state index in [-0.39, 0.29) is 0 Å². The lowest BCUT2D eigenvalue weighted by Crippen LogP contribution is -2.33. The highest BCUT2D eigenvalue weighted by Gasteiger charge is 2.30. The van der Waals surface area contributed by atoms with Crippen LogP contribution in [0.4, 0.5) is 5.82 Å².